The van der Waals surface area contributed by atoms with Crippen molar-refractivity contribution in [3.8, 4) is 0 Å². The minimum absolute atomic E-state index is 0. The normalized spacial score (nSPS) is 8.80. The molecule has 0 saturated carbocycles. The fraction of sp³-hybridized carbons (Fsp3) is 0.217. The summed E-state index contributed by atoms with van der Waals surface area (Å²) in [6, 6.07) is 24.1. The fourth-order valence-electron chi connectivity index (χ4n) is 1.89. The molecular weight excluding hydrogens is 304 g/mol. The Balaban J connectivity index is 0.000000339. The van der Waals surface area contributed by atoms with Crippen molar-refractivity contribution < 1.29 is 0 Å². The molecule has 0 unspecified atom stereocenters. The van der Waals surface area contributed by atoms with E-state index in [-0.39, 0.29) is 7.43 Å². The monoisotopic (exact) mass is 336 g/mol. The van der Waals surface area contributed by atoms with Crippen LogP contribution in [-0.4, -0.2) is 0 Å². The number of nitrogens with two attached hydrogens (primary N) is 2. The molecule has 0 spiro atoms. The van der Waals surface area contributed by atoms with E-state index in [0.29, 0.717) is 0 Å². The lowest BCUT2D eigenvalue weighted by Gasteiger charge is -1.93. The topological polar surface area (TPSA) is 52.0 Å². The molecule has 3 aromatic carbocycles. The van der Waals surface area contributed by atoms with Crippen molar-refractivity contribution in [3.63, 3.8) is 0 Å². The van der Waals surface area contributed by atoms with Crippen LogP contribution < -0.4 is 11.5 Å². The Morgan fingerprint density at radius 1 is 0.560 bits per heavy atom. The van der Waals surface area contributed by atoms with E-state index in [1.165, 1.54) is 16.7 Å². The van der Waals surface area contributed by atoms with Crippen LogP contribution in [0.5, 0.6) is 0 Å². The third-order valence-corrected chi connectivity index (χ3v) is 3.45. The van der Waals surface area contributed by atoms with Gasteiger partial charge in [0.15, 0.2) is 0 Å². The number of rotatable bonds is 0. The van der Waals surface area contributed by atoms with Gasteiger partial charge in [-0.25, -0.2) is 0 Å². The molecule has 0 aromatic heterocycles. The van der Waals surface area contributed by atoms with Gasteiger partial charge in [-0.3, -0.25) is 0 Å². The zero-order chi connectivity index (χ0) is 17.9. The van der Waals surface area contributed by atoms with Gasteiger partial charge in [0.25, 0.3) is 0 Å². The van der Waals surface area contributed by atoms with E-state index in [9.17, 15) is 0 Å². The molecule has 0 bridgehead atoms. The Morgan fingerprint density at radius 2 is 1.08 bits per heavy atom. The number of anilines is 2. The Labute approximate surface area is 153 Å². The Morgan fingerprint density at radius 3 is 1.40 bits per heavy atom. The molecule has 4 N–H and O–H groups in total. The largest absolute Gasteiger partial charge is 0.399 e. The highest BCUT2D eigenvalue weighted by Gasteiger charge is 1.84. The number of benzene rings is 3. The summed E-state index contributed by atoms with van der Waals surface area (Å²) in [7, 11) is 0. The summed E-state index contributed by atoms with van der Waals surface area (Å²) in [5, 5.41) is 0. The third kappa shape index (κ3) is 9.87. The average Bonchev–Trinajstić information content (AvgIpc) is 2.54. The molecule has 0 aliphatic rings. The minimum atomic E-state index is 0. The van der Waals surface area contributed by atoms with Crippen molar-refractivity contribution in [1.82, 2.24) is 0 Å². The number of aryl methyl sites for hydroxylation is 4. The molecule has 0 aliphatic carbocycles. The van der Waals surface area contributed by atoms with E-state index < -0.39 is 0 Å². The van der Waals surface area contributed by atoms with Gasteiger partial charge in [-0.05, 0) is 57.0 Å². The summed E-state index contributed by atoms with van der Waals surface area (Å²) in [6.45, 7) is 8.21. The molecule has 0 amide bonds. The summed E-state index contributed by atoms with van der Waals surface area (Å²) < 4.78 is 0. The van der Waals surface area contributed by atoms with E-state index in [2.05, 4.69) is 38.1 Å². The number of hydrogen-bond acceptors (Lipinski definition) is 2. The van der Waals surface area contributed by atoms with E-state index in [0.717, 1.165) is 16.9 Å². The van der Waals surface area contributed by atoms with Crippen molar-refractivity contribution in [3.05, 3.63) is 95.1 Å². The average molecular weight is 337 g/mol. The summed E-state index contributed by atoms with van der Waals surface area (Å²) in [5.74, 6) is 0. The van der Waals surface area contributed by atoms with Gasteiger partial charge in [0.05, 0.1) is 0 Å². The lowest BCUT2D eigenvalue weighted by atomic mass is 10.2. The molecule has 2 heteroatoms. The molecule has 2 nitrogen and oxygen atoms in total. The molecule has 0 atom stereocenters. The predicted molar refractivity (Wildman–Crippen MR) is 114 cm³/mol. The van der Waals surface area contributed by atoms with E-state index in [4.69, 9.17) is 11.5 Å². The van der Waals surface area contributed by atoms with Crippen LogP contribution in [0.1, 0.15) is 29.7 Å². The molecule has 0 saturated heterocycles. The van der Waals surface area contributed by atoms with Gasteiger partial charge in [-0.1, -0.05) is 73.2 Å². The molecule has 0 fully saturated rings. The summed E-state index contributed by atoms with van der Waals surface area (Å²) in [5.41, 5.74) is 17.7. The molecule has 3 aromatic rings. The smallest absolute Gasteiger partial charge is 0.0343 e. The molecule has 0 heterocycles. The first-order valence-corrected chi connectivity index (χ1v) is 8.05. The standard InChI is InChI=1S/C8H10.2C7H9N.CH4/c1-7-3-5-8(2)6-4-7;1-6-3-2-4-7(8)5-6;1-6-4-2-3-5-7(6)8;/h3-6H,1-2H3;2*2-5H,8H2,1H3;1H4. The Hall–Kier alpha value is -2.74. The van der Waals surface area contributed by atoms with Crippen LogP contribution in [0.4, 0.5) is 11.4 Å². The highest BCUT2D eigenvalue weighted by Crippen LogP contribution is 2.06. The third-order valence-electron chi connectivity index (χ3n) is 3.45. The molecule has 0 aliphatic heterocycles. The Bertz CT molecular complexity index is 672. The van der Waals surface area contributed by atoms with E-state index in [1.54, 1.807) is 0 Å². The van der Waals surface area contributed by atoms with Gasteiger partial charge >= 0.3 is 0 Å². The lowest BCUT2D eigenvalue weighted by molar-refractivity contribution is 1.40. The first kappa shape index (κ1) is 22.3. The van der Waals surface area contributed by atoms with Gasteiger partial charge in [-0.2, -0.15) is 0 Å². The second kappa shape index (κ2) is 11.7. The van der Waals surface area contributed by atoms with Crippen molar-refractivity contribution in [2.24, 2.45) is 0 Å². The van der Waals surface area contributed by atoms with Crippen LogP contribution >= 0.6 is 0 Å². The maximum Gasteiger partial charge on any atom is 0.0343 e. The first-order chi connectivity index (χ1) is 11.4. The second-order valence-corrected chi connectivity index (χ2v) is 5.93. The zero-order valence-corrected chi connectivity index (χ0v) is 15.1. The van der Waals surface area contributed by atoms with Gasteiger partial charge in [0, 0.05) is 11.4 Å². The van der Waals surface area contributed by atoms with Crippen molar-refractivity contribution in [2.75, 3.05) is 11.5 Å². The highest BCUT2D eigenvalue weighted by atomic mass is 14.5. The SMILES string of the molecule is C.Cc1ccc(C)cc1.Cc1cccc(N)c1.Cc1ccccc1N. The quantitative estimate of drug-likeness (QED) is 0.488. The molecule has 134 valence electrons. The number of hydrogen-bond donors (Lipinski definition) is 2. The van der Waals surface area contributed by atoms with E-state index in [1.807, 2.05) is 62.4 Å². The minimum Gasteiger partial charge on any atom is -0.399 e. The fourth-order valence-corrected chi connectivity index (χ4v) is 1.89. The molecule has 25 heavy (non-hydrogen) atoms. The number of para-hydroxylation sites is 1. The lowest BCUT2D eigenvalue weighted by Crippen LogP contribution is -1.85. The maximum atomic E-state index is 5.52. The van der Waals surface area contributed by atoms with Crippen molar-refractivity contribution in [1.29, 1.82) is 0 Å². The van der Waals surface area contributed by atoms with Gasteiger partial charge in [0.2, 0.25) is 0 Å². The van der Waals surface area contributed by atoms with Crippen molar-refractivity contribution in [2.45, 2.75) is 35.1 Å². The van der Waals surface area contributed by atoms with Gasteiger partial charge < -0.3 is 11.5 Å². The van der Waals surface area contributed by atoms with E-state index >= 15 is 0 Å². The van der Waals surface area contributed by atoms with Crippen molar-refractivity contribution >= 4 is 11.4 Å². The predicted octanol–water partition coefficient (Wildman–Crippen LogP) is 6.09. The second-order valence-electron chi connectivity index (χ2n) is 5.93. The highest BCUT2D eigenvalue weighted by molar-refractivity contribution is 5.45. The summed E-state index contributed by atoms with van der Waals surface area (Å²) in [4.78, 5) is 0. The summed E-state index contributed by atoms with van der Waals surface area (Å²) in [6.07, 6.45) is 0. The van der Waals surface area contributed by atoms with Gasteiger partial charge in [0.1, 0.15) is 0 Å². The maximum absolute atomic E-state index is 5.52. The van der Waals surface area contributed by atoms with Crippen LogP contribution in [0.3, 0.4) is 0 Å². The Kier molecular flexibility index (Phi) is 10.5. The zero-order valence-electron chi connectivity index (χ0n) is 15.1. The van der Waals surface area contributed by atoms with Gasteiger partial charge in [-0.15, -0.1) is 0 Å². The molecular formula is C23H32N2. The van der Waals surface area contributed by atoms with Crippen LogP contribution in [0.2, 0.25) is 0 Å². The van der Waals surface area contributed by atoms with Crippen LogP contribution in [0, 0.1) is 27.7 Å². The first-order valence-electron chi connectivity index (χ1n) is 8.05. The molecule has 3 rings (SSSR count). The van der Waals surface area contributed by atoms with Crippen LogP contribution in [-0.2, 0) is 0 Å². The number of nitrogen functional groups attached to an aromatic ring is 2. The molecule has 0 radical (unpaired) electrons. The van der Waals surface area contributed by atoms with Crippen LogP contribution in [0.25, 0.3) is 0 Å². The summed E-state index contributed by atoms with van der Waals surface area (Å²) >= 11 is 0. The van der Waals surface area contributed by atoms with Crippen LogP contribution in [0.15, 0.2) is 72.8 Å².